The van der Waals surface area contributed by atoms with Crippen LogP contribution in [0, 0.1) is 17.8 Å². The maximum absolute atomic E-state index is 11.1. The van der Waals surface area contributed by atoms with Crippen LogP contribution in [0.15, 0.2) is 0 Å². The van der Waals surface area contributed by atoms with E-state index in [1.54, 1.807) is 0 Å². The number of carboxylic acids is 1. The van der Waals surface area contributed by atoms with E-state index >= 15 is 0 Å². The molecule has 1 rings (SSSR count). The summed E-state index contributed by atoms with van der Waals surface area (Å²) < 4.78 is 0. The van der Waals surface area contributed by atoms with Crippen molar-refractivity contribution in [2.45, 2.75) is 39.5 Å². The third-order valence-corrected chi connectivity index (χ3v) is 4.33. The van der Waals surface area contributed by atoms with Crippen LogP contribution in [0.4, 0.5) is 0 Å². The molecule has 2 nitrogen and oxygen atoms in total. The van der Waals surface area contributed by atoms with Gasteiger partial charge >= 0.3 is 5.97 Å². The lowest BCUT2D eigenvalue weighted by Crippen LogP contribution is -2.30. The molecule has 1 N–H and O–H groups in total. The summed E-state index contributed by atoms with van der Waals surface area (Å²) >= 11 is 1.92. The standard InChI is InChI=1S/C12H22O2S/c1-3-15-7-6-10-8-9(2)4-5-11(10)12(13)14/h9-11H,3-8H2,1-2H3,(H,13,14). The van der Waals surface area contributed by atoms with Crippen LogP contribution in [0.5, 0.6) is 0 Å². The van der Waals surface area contributed by atoms with E-state index < -0.39 is 5.97 Å². The van der Waals surface area contributed by atoms with Crippen LogP contribution in [0.1, 0.15) is 39.5 Å². The Hall–Kier alpha value is -0.180. The lowest BCUT2D eigenvalue weighted by molar-refractivity contribution is -0.145. The van der Waals surface area contributed by atoms with Crippen molar-refractivity contribution >= 4 is 17.7 Å². The van der Waals surface area contributed by atoms with E-state index in [0.29, 0.717) is 5.92 Å². The van der Waals surface area contributed by atoms with E-state index in [-0.39, 0.29) is 5.92 Å². The summed E-state index contributed by atoms with van der Waals surface area (Å²) in [4.78, 5) is 11.1. The first-order valence-corrected chi connectivity index (χ1v) is 7.11. The van der Waals surface area contributed by atoms with Crippen molar-refractivity contribution < 1.29 is 9.90 Å². The molecule has 1 saturated carbocycles. The highest BCUT2D eigenvalue weighted by Crippen LogP contribution is 2.36. The van der Waals surface area contributed by atoms with Gasteiger partial charge in [0.15, 0.2) is 0 Å². The van der Waals surface area contributed by atoms with Gasteiger partial charge in [-0.25, -0.2) is 0 Å². The molecular weight excluding hydrogens is 208 g/mol. The highest BCUT2D eigenvalue weighted by Gasteiger charge is 2.32. The molecule has 0 amide bonds. The van der Waals surface area contributed by atoms with Gasteiger partial charge in [0.2, 0.25) is 0 Å². The monoisotopic (exact) mass is 230 g/mol. The molecule has 3 heteroatoms. The molecule has 1 aliphatic carbocycles. The van der Waals surface area contributed by atoms with Crippen LogP contribution in [-0.2, 0) is 4.79 Å². The summed E-state index contributed by atoms with van der Waals surface area (Å²) in [6, 6.07) is 0. The molecule has 0 aromatic rings. The lowest BCUT2D eigenvalue weighted by Gasteiger charge is -2.32. The maximum Gasteiger partial charge on any atom is 0.306 e. The number of aliphatic carboxylic acids is 1. The van der Waals surface area contributed by atoms with Crippen LogP contribution >= 0.6 is 11.8 Å². The van der Waals surface area contributed by atoms with Crippen LogP contribution < -0.4 is 0 Å². The zero-order valence-electron chi connectivity index (χ0n) is 9.74. The second-order valence-electron chi connectivity index (χ2n) is 4.61. The normalized spacial score (nSPS) is 31.5. The quantitative estimate of drug-likeness (QED) is 0.737. The number of carbonyl (C=O) groups is 1. The van der Waals surface area contributed by atoms with Gasteiger partial charge in [-0.3, -0.25) is 4.79 Å². The van der Waals surface area contributed by atoms with Crippen LogP contribution in [0.2, 0.25) is 0 Å². The summed E-state index contributed by atoms with van der Waals surface area (Å²) in [6.07, 6.45) is 4.17. The van der Waals surface area contributed by atoms with Gasteiger partial charge in [-0.15, -0.1) is 0 Å². The fraction of sp³-hybridized carbons (Fsp3) is 0.917. The number of carboxylic acid groups (broad SMARTS) is 1. The predicted octanol–water partition coefficient (Wildman–Crippen LogP) is 3.27. The summed E-state index contributed by atoms with van der Waals surface area (Å²) in [5.41, 5.74) is 0. The zero-order chi connectivity index (χ0) is 11.3. The Morgan fingerprint density at radius 3 is 2.80 bits per heavy atom. The molecule has 0 aromatic carbocycles. The van der Waals surface area contributed by atoms with E-state index in [4.69, 9.17) is 5.11 Å². The third kappa shape index (κ3) is 4.06. The minimum absolute atomic E-state index is 0.0707. The minimum atomic E-state index is -0.576. The number of hydrogen-bond acceptors (Lipinski definition) is 2. The second-order valence-corrected chi connectivity index (χ2v) is 6.00. The molecule has 15 heavy (non-hydrogen) atoms. The topological polar surface area (TPSA) is 37.3 Å². The smallest absolute Gasteiger partial charge is 0.306 e. The third-order valence-electron chi connectivity index (χ3n) is 3.40. The number of hydrogen-bond donors (Lipinski definition) is 1. The summed E-state index contributed by atoms with van der Waals surface area (Å²) in [5.74, 6) is 2.76. The van der Waals surface area contributed by atoms with Crippen molar-refractivity contribution in [2.24, 2.45) is 17.8 Å². The molecule has 0 radical (unpaired) electrons. The number of thioether (sulfide) groups is 1. The van der Waals surface area contributed by atoms with E-state index in [1.165, 1.54) is 0 Å². The molecule has 1 fully saturated rings. The Bertz CT molecular complexity index is 206. The van der Waals surface area contributed by atoms with Crippen molar-refractivity contribution in [3.05, 3.63) is 0 Å². The molecule has 88 valence electrons. The fourth-order valence-electron chi connectivity index (χ4n) is 2.52. The summed E-state index contributed by atoms with van der Waals surface area (Å²) in [6.45, 7) is 4.40. The van der Waals surface area contributed by atoms with Crippen LogP contribution in [0.3, 0.4) is 0 Å². The molecule has 0 bridgehead atoms. The Labute approximate surface area is 96.8 Å². The van der Waals surface area contributed by atoms with Crippen molar-refractivity contribution in [3.8, 4) is 0 Å². The van der Waals surface area contributed by atoms with E-state index in [2.05, 4.69) is 13.8 Å². The second kappa shape index (κ2) is 6.41. The molecule has 0 heterocycles. The summed E-state index contributed by atoms with van der Waals surface area (Å²) in [7, 11) is 0. The van der Waals surface area contributed by atoms with Gasteiger partial charge in [-0.1, -0.05) is 13.8 Å². The average molecular weight is 230 g/mol. The van der Waals surface area contributed by atoms with Gasteiger partial charge in [0, 0.05) is 0 Å². The Morgan fingerprint density at radius 1 is 1.47 bits per heavy atom. The highest BCUT2D eigenvalue weighted by molar-refractivity contribution is 7.99. The van der Waals surface area contributed by atoms with Gasteiger partial charge in [0.1, 0.15) is 0 Å². The number of rotatable bonds is 5. The van der Waals surface area contributed by atoms with Crippen molar-refractivity contribution in [2.75, 3.05) is 11.5 Å². The molecule has 0 spiro atoms. The van der Waals surface area contributed by atoms with Gasteiger partial charge in [-0.05, 0) is 49.0 Å². The molecule has 0 aliphatic heterocycles. The Morgan fingerprint density at radius 2 is 2.20 bits per heavy atom. The van der Waals surface area contributed by atoms with Crippen LogP contribution in [-0.4, -0.2) is 22.6 Å². The Balaban J connectivity index is 2.43. The fourth-order valence-corrected chi connectivity index (χ4v) is 3.28. The van der Waals surface area contributed by atoms with E-state index in [1.807, 2.05) is 11.8 Å². The average Bonchev–Trinajstić information content (AvgIpc) is 2.18. The van der Waals surface area contributed by atoms with Gasteiger partial charge < -0.3 is 5.11 Å². The molecule has 0 saturated heterocycles. The minimum Gasteiger partial charge on any atom is -0.481 e. The molecule has 3 unspecified atom stereocenters. The molecule has 3 atom stereocenters. The Kier molecular flexibility index (Phi) is 5.51. The predicted molar refractivity (Wildman–Crippen MR) is 65.2 cm³/mol. The SMILES string of the molecule is CCSCCC1CC(C)CCC1C(=O)O. The molecule has 0 aromatic heterocycles. The first-order chi connectivity index (χ1) is 7.15. The van der Waals surface area contributed by atoms with E-state index in [0.717, 1.165) is 43.1 Å². The first kappa shape index (κ1) is 12.9. The van der Waals surface area contributed by atoms with Crippen molar-refractivity contribution in [1.29, 1.82) is 0 Å². The zero-order valence-corrected chi connectivity index (χ0v) is 10.6. The van der Waals surface area contributed by atoms with Crippen molar-refractivity contribution in [3.63, 3.8) is 0 Å². The van der Waals surface area contributed by atoms with E-state index in [9.17, 15) is 4.79 Å². The van der Waals surface area contributed by atoms with Gasteiger partial charge in [0.05, 0.1) is 5.92 Å². The maximum atomic E-state index is 11.1. The molecular formula is C12H22O2S. The highest BCUT2D eigenvalue weighted by atomic mass is 32.2. The summed E-state index contributed by atoms with van der Waals surface area (Å²) in [5, 5.41) is 9.14. The van der Waals surface area contributed by atoms with Gasteiger partial charge in [0.25, 0.3) is 0 Å². The van der Waals surface area contributed by atoms with Gasteiger partial charge in [-0.2, -0.15) is 11.8 Å². The van der Waals surface area contributed by atoms with Crippen LogP contribution in [0.25, 0.3) is 0 Å². The molecule has 1 aliphatic rings. The first-order valence-electron chi connectivity index (χ1n) is 5.95. The lowest BCUT2D eigenvalue weighted by atomic mass is 9.73. The van der Waals surface area contributed by atoms with Crippen molar-refractivity contribution in [1.82, 2.24) is 0 Å². The largest absolute Gasteiger partial charge is 0.481 e.